The van der Waals surface area contributed by atoms with E-state index in [9.17, 15) is 9.18 Å². The van der Waals surface area contributed by atoms with Crippen molar-refractivity contribution >= 4 is 33.9 Å². The number of aromatic nitrogens is 3. The Kier molecular flexibility index (Phi) is 5.96. The summed E-state index contributed by atoms with van der Waals surface area (Å²) in [5.41, 5.74) is 7.75. The molecule has 1 saturated carbocycles. The molecule has 0 saturated heterocycles. The Labute approximate surface area is 219 Å². The summed E-state index contributed by atoms with van der Waals surface area (Å²) < 4.78 is 13.5. The number of hydrogen-bond donors (Lipinski definition) is 3. The van der Waals surface area contributed by atoms with Crippen molar-refractivity contribution in [2.24, 2.45) is 5.92 Å². The molecule has 1 fully saturated rings. The van der Waals surface area contributed by atoms with Crippen LogP contribution >= 0.6 is 0 Å². The highest BCUT2D eigenvalue weighted by molar-refractivity contribution is 5.99. The minimum atomic E-state index is -0.262. The molecule has 0 spiro atoms. The second-order valence-electron chi connectivity index (χ2n) is 9.53. The van der Waals surface area contributed by atoms with Gasteiger partial charge in [-0.1, -0.05) is 30.8 Å². The SMILES string of the molecule is C=C(c1cc2c(-c3ccc(F)cc3)cccc2[nH]1)c1cc(-c2cncc(NC(=O)C3CC3)c2)cnc1NC. The Hall–Kier alpha value is -4.78. The van der Waals surface area contributed by atoms with Crippen LogP contribution in [-0.2, 0) is 4.79 Å². The number of pyridine rings is 2. The van der Waals surface area contributed by atoms with Gasteiger partial charge in [0.05, 0.1) is 11.9 Å². The number of carbonyl (C=O) groups is 1. The first kappa shape index (κ1) is 23.6. The second kappa shape index (κ2) is 9.59. The van der Waals surface area contributed by atoms with Crippen LogP contribution in [0.2, 0.25) is 0 Å². The molecule has 38 heavy (non-hydrogen) atoms. The third-order valence-corrected chi connectivity index (χ3v) is 6.88. The average molecular weight is 504 g/mol. The summed E-state index contributed by atoms with van der Waals surface area (Å²) in [7, 11) is 1.83. The predicted octanol–water partition coefficient (Wildman–Crippen LogP) is 6.88. The van der Waals surface area contributed by atoms with Crippen LogP contribution in [0.1, 0.15) is 24.1 Å². The van der Waals surface area contributed by atoms with Crippen molar-refractivity contribution in [2.75, 3.05) is 17.7 Å². The number of amides is 1. The molecule has 0 atom stereocenters. The molecule has 3 N–H and O–H groups in total. The number of rotatable bonds is 7. The van der Waals surface area contributed by atoms with E-state index in [2.05, 4.69) is 38.2 Å². The first-order valence-corrected chi connectivity index (χ1v) is 12.5. The van der Waals surface area contributed by atoms with Gasteiger partial charge in [-0.05, 0) is 60.4 Å². The van der Waals surface area contributed by atoms with E-state index in [1.165, 1.54) is 12.1 Å². The molecular weight excluding hydrogens is 477 g/mol. The predicted molar refractivity (Wildman–Crippen MR) is 150 cm³/mol. The molecule has 0 radical (unpaired) electrons. The Morgan fingerprint density at radius 2 is 1.79 bits per heavy atom. The summed E-state index contributed by atoms with van der Waals surface area (Å²) in [5.74, 6) is 0.593. The van der Waals surface area contributed by atoms with Crippen molar-refractivity contribution in [3.8, 4) is 22.3 Å². The topological polar surface area (TPSA) is 82.7 Å². The summed E-state index contributed by atoms with van der Waals surface area (Å²) in [6, 6.07) is 18.5. The van der Waals surface area contributed by atoms with Gasteiger partial charge in [0.2, 0.25) is 5.91 Å². The molecule has 1 amide bonds. The smallest absolute Gasteiger partial charge is 0.227 e. The van der Waals surface area contributed by atoms with Crippen molar-refractivity contribution in [1.82, 2.24) is 15.0 Å². The number of nitrogens with zero attached hydrogens (tertiary/aromatic N) is 2. The highest BCUT2D eigenvalue weighted by atomic mass is 19.1. The van der Waals surface area contributed by atoms with Gasteiger partial charge in [-0.2, -0.15) is 0 Å². The van der Waals surface area contributed by atoms with E-state index >= 15 is 0 Å². The molecule has 3 aromatic heterocycles. The summed E-state index contributed by atoms with van der Waals surface area (Å²) in [4.78, 5) is 24.7. The summed E-state index contributed by atoms with van der Waals surface area (Å²) in [6.07, 6.45) is 7.08. The fourth-order valence-electron chi connectivity index (χ4n) is 4.65. The highest BCUT2D eigenvalue weighted by Gasteiger charge is 2.29. The minimum absolute atomic E-state index is 0.0421. The van der Waals surface area contributed by atoms with Crippen molar-refractivity contribution in [3.05, 3.63) is 103 Å². The van der Waals surface area contributed by atoms with E-state index in [1.54, 1.807) is 30.7 Å². The molecule has 1 aliphatic carbocycles. The maximum absolute atomic E-state index is 13.5. The summed E-state index contributed by atoms with van der Waals surface area (Å²) in [6.45, 7) is 4.40. The number of benzene rings is 2. The lowest BCUT2D eigenvalue weighted by Crippen LogP contribution is -2.13. The first-order chi connectivity index (χ1) is 18.5. The van der Waals surface area contributed by atoms with E-state index in [1.807, 2.05) is 37.4 Å². The zero-order valence-corrected chi connectivity index (χ0v) is 20.9. The number of hydrogen-bond acceptors (Lipinski definition) is 4. The van der Waals surface area contributed by atoms with Crippen molar-refractivity contribution in [1.29, 1.82) is 0 Å². The maximum Gasteiger partial charge on any atom is 0.227 e. The summed E-state index contributed by atoms with van der Waals surface area (Å²) in [5, 5.41) is 7.15. The first-order valence-electron chi connectivity index (χ1n) is 12.5. The molecule has 6 rings (SSSR count). The van der Waals surface area contributed by atoms with Crippen LogP contribution in [0.5, 0.6) is 0 Å². The van der Waals surface area contributed by atoms with Gasteiger partial charge in [-0.3, -0.25) is 9.78 Å². The van der Waals surface area contributed by atoms with Gasteiger partial charge >= 0.3 is 0 Å². The molecule has 188 valence electrons. The third-order valence-electron chi connectivity index (χ3n) is 6.88. The molecule has 5 aromatic rings. The fourth-order valence-corrected chi connectivity index (χ4v) is 4.65. The number of H-pyrrole nitrogens is 1. The van der Waals surface area contributed by atoms with Crippen molar-refractivity contribution in [3.63, 3.8) is 0 Å². The molecule has 1 aliphatic rings. The molecule has 0 unspecified atom stereocenters. The number of carbonyl (C=O) groups excluding carboxylic acids is 1. The molecule has 6 nitrogen and oxygen atoms in total. The van der Waals surface area contributed by atoms with Crippen LogP contribution in [0.15, 0.2) is 85.8 Å². The second-order valence-corrected chi connectivity index (χ2v) is 9.53. The van der Waals surface area contributed by atoms with Crippen LogP contribution in [0.25, 0.3) is 38.7 Å². The van der Waals surface area contributed by atoms with Crippen molar-refractivity contribution in [2.45, 2.75) is 12.8 Å². The number of aromatic amines is 1. The van der Waals surface area contributed by atoms with Gasteiger partial charge in [-0.25, -0.2) is 9.37 Å². The Morgan fingerprint density at radius 3 is 2.55 bits per heavy atom. The van der Waals surface area contributed by atoms with E-state index < -0.39 is 0 Å². The average Bonchev–Trinajstić information content (AvgIpc) is 3.71. The molecule has 0 aliphatic heterocycles. The molecule has 3 heterocycles. The molecule has 0 bridgehead atoms. The van der Waals surface area contributed by atoms with Crippen LogP contribution in [0, 0.1) is 11.7 Å². The fraction of sp³-hybridized carbons (Fsp3) is 0.129. The lowest BCUT2D eigenvalue weighted by molar-refractivity contribution is -0.117. The van der Waals surface area contributed by atoms with E-state index in [0.29, 0.717) is 11.5 Å². The number of fused-ring (bicyclic) bond motifs is 1. The largest absolute Gasteiger partial charge is 0.373 e. The van der Waals surface area contributed by atoms with Gasteiger partial charge in [-0.15, -0.1) is 0 Å². The van der Waals surface area contributed by atoms with Gasteiger partial charge < -0.3 is 15.6 Å². The quantitative estimate of drug-likeness (QED) is 0.226. The third kappa shape index (κ3) is 4.54. The molecule has 7 heteroatoms. The lowest BCUT2D eigenvalue weighted by atomic mass is 9.99. The number of nitrogens with one attached hydrogen (secondary N) is 3. The maximum atomic E-state index is 13.5. The highest BCUT2D eigenvalue weighted by Crippen LogP contribution is 2.36. The minimum Gasteiger partial charge on any atom is -0.373 e. The van der Waals surface area contributed by atoms with Gasteiger partial charge in [0.1, 0.15) is 11.6 Å². The number of anilines is 2. The van der Waals surface area contributed by atoms with Gasteiger partial charge in [0.15, 0.2) is 0 Å². The van der Waals surface area contributed by atoms with E-state index in [0.717, 1.165) is 62.8 Å². The van der Waals surface area contributed by atoms with Gasteiger partial charge in [0, 0.05) is 64.2 Å². The van der Waals surface area contributed by atoms with Crippen molar-refractivity contribution < 1.29 is 9.18 Å². The van der Waals surface area contributed by atoms with Crippen LogP contribution in [-0.4, -0.2) is 27.9 Å². The molecule has 2 aromatic carbocycles. The zero-order valence-electron chi connectivity index (χ0n) is 20.9. The Morgan fingerprint density at radius 1 is 1.00 bits per heavy atom. The van der Waals surface area contributed by atoms with E-state index in [-0.39, 0.29) is 17.6 Å². The van der Waals surface area contributed by atoms with E-state index in [4.69, 9.17) is 0 Å². The zero-order chi connectivity index (χ0) is 26.2. The van der Waals surface area contributed by atoms with Crippen LogP contribution < -0.4 is 10.6 Å². The van der Waals surface area contributed by atoms with Crippen LogP contribution in [0.4, 0.5) is 15.9 Å². The Bertz CT molecular complexity index is 1680. The van der Waals surface area contributed by atoms with Gasteiger partial charge in [0.25, 0.3) is 0 Å². The normalized spacial score (nSPS) is 12.9. The Balaban J connectivity index is 1.36. The summed E-state index contributed by atoms with van der Waals surface area (Å²) >= 11 is 0. The number of halogens is 1. The monoisotopic (exact) mass is 503 g/mol. The van der Waals surface area contributed by atoms with Crippen LogP contribution in [0.3, 0.4) is 0 Å². The standard InChI is InChI=1S/C31H26FN5O/c1-18(29-14-27-25(4-3-5-28(27)37-29)19-8-10-23(32)11-9-19)26-13-22(16-35-30(26)33-2)21-12-24(17-34-15-21)36-31(38)20-6-7-20/h3-5,8-17,20,37H,1,6-7H2,2H3,(H,33,35)(H,36,38). The lowest BCUT2D eigenvalue weighted by Gasteiger charge is -2.13. The molecular formula is C31H26FN5O.